The highest BCUT2D eigenvalue weighted by Crippen LogP contribution is 2.25. The van der Waals surface area contributed by atoms with Crippen molar-refractivity contribution in [3.05, 3.63) is 61.4 Å². The third kappa shape index (κ3) is 3.82. The first-order valence-corrected chi connectivity index (χ1v) is 9.92. The highest BCUT2D eigenvalue weighted by atomic mass is 15.3. The largest absolute Gasteiger partial charge is 0.312 e. The molecule has 7 heteroatoms. The van der Waals surface area contributed by atoms with Gasteiger partial charge in [0.2, 0.25) is 0 Å². The first-order chi connectivity index (χ1) is 14.2. The number of aromatic nitrogens is 6. The Labute approximate surface area is 169 Å². The van der Waals surface area contributed by atoms with E-state index in [2.05, 4.69) is 43.8 Å². The average Bonchev–Trinajstić information content (AvgIpc) is 3.51. The van der Waals surface area contributed by atoms with Crippen LogP contribution < -0.4 is 5.32 Å². The van der Waals surface area contributed by atoms with Crippen LogP contribution in [0.1, 0.15) is 12.8 Å². The Morgan fingerprint density at radius 3 is 2.48 bits per heavy atom. The predicted molar refractivity (Wildman–Crippen MR) is 112 cm³/mol. The minimum Gasteiger partial charge on any atom is -0.312 e. The molecule has 0 amide bonds. The molecule has 0 radical (unpaired) electrons. The Bertz CT molecular complexity index is 1100. The Hall–Kier alpha value is -3.32. The van der Waals surface area contributed by atoms with Gasteiger partial charge in [0, 0.05) is 60.1 Å². The van der Waals surface area contributed by atoms with E-state index < -0.39 is 0 Å². The fraction of sp³-hybridized carbons (Fsp3) is 0.273. The van der Waals surface area contributed by atoms with Gasteiger partial charge >= 0.3 is 0 Å². The molecule has 3 aromatic heterocycles. The molecule has 1 unspecified atom stereocenters. The molecule has 7 nitrogen and oxygen atoms in total. The maximum atomic E-state index is 4.60. The number of hydrogen-bond donors (Lipinski definition) is 1. The summed E-state index contributed by atoms with van der Waals surface area (Å²) >= 11 is 0. The fourth-order valence-electron chi connectivity index (χ4n) is 3.79. The van der Waals surface area contributed by atoms with Crippen LogP contribution in [0.3, 0.4) is 0 Å². The quantitative estimate of drug-likeness (QED) is 0.571. The van der Waals surface area contributed by atoms with Gasteiger partial charge in [-0.05, 0) is 31.0 Å². The molecule has 0 spiro atoms. The molecular weight excluding hydrogens is 362 g/mol. The van der Waals surface area contributed by atoms with Crippen molar-refractivity contribution < 1.29 is 0 Å². The van der Waals surface area contributed by atoms with E-state index in [0.29, 0.717) is 11.9 Å². The van der Waals surface area contributed by atoms with Crippen LogP contribution in [0.15, 0.2) is 61.4 Å². The summed E-state index contributed by atoms with van der Waals surface area (Å²) in [6, 6.07) is 8.74. The Kier molecular flexibility index (Phi) is 4.65. The van der Waals surface area contributed by atoms with Crippen molar-refractivity contribution in [1.29, 1.82) is 0 Å². The van der Waals surface area contributed by atoms with Gasteiger partial charge < -0.3 is 5.32 Å². The van der Waals surface area contributed by atoms with Gasteiger partial charge in [0.05, 0.1) is 18.9 Å². The first kappa shape index (κ1) is 17.8. The number of benzene rings is 1. The van der Waals surface area contributed by atoms with Crippen LogP contribution in [0.25, 0.3) is 33.6 Å². The smallest absolute Gasteiger partial charge is 0.159 e. The molecule has 0 aliphatic carbocycles. The van der Waals surface area contributed by atoms with Crippen molar-refractivity contribution in [3.63, 3.8) is 0 Å². The van der Waals surface area contributed by atoms with Crippen molar-refractivity contribution in [3.8, 4) is 33.6 Å². The summed E-state index contributed by atoms with van der Waals surface area (Å²) in [5.74, 6) is 0.710. The van der Waals surface area contributed by atoms with E-state index in [1.54, 1.807) is 4.68 Å². The molecule has 29 heavy (non-hydrogen) atoms. The average molecular weight is 385 g/mol. The maximum Gasteiger partial charge on any atom is 0.159 e. The van der Waals surface area contributed by atoms with Gasteiger partial charge in [-0.2, -0.15) is 10.2 Å². The Morgan fingerprint density at radius 1 is 0.931 bits per heavy atom. The fourth-order valence-corrected chi connectivity index (χ4v) is 3.79. The Morgan fingerprint density at radius 2 is 1.72 bits per heavy atom. The summed E-state index contributed by atoms with van der Waals surface area (Å²) in [6.07, 6.45) is 14.0. The SMILES string of the molecule is Cn1cc(-c2cccc(-c3ncc(-c4cnn(CC5CCCN5)c4)cn3)c2)cn1. The van der Waals surface area contributed by atoms with Gasteiger partial charge in [-0.3, -0.25) is 9.36 Å². The van der Waals surface area contributed by atoms with E-state index in [4.69, 9.17) is 0 Å². The third-order valence-corrected chi connectivity index (χ3v) is 5.35. The van der Waals surface area contributed by atoms with Crippen LogP contribution in [-0.2, 0) is 13.6 Å². The minimum absolute atomic E-state index is 0.522. The lowest BCUT2D eigenvalue weighted by Crippen LogP contribution is -2.26. The highest BCUT2D eigenvalue weighted by molar-refractivity contribution is 5.70. The lowest BCUT2D eigenvalue weighted by Gasteiger charge is -2.09. The monoisotopic (exact) mass is 385 g/mol. The molecule has 1 saturated heterocycles. The van der Waals surface area contributed by atoms with E-state index in [0.717, 1.165) is 40.9 Å². The number of rotatable bonds is 5. The van der Waals surface area contributed by atoms with Gasteiger partial charge in [0.1, 0.15) is 0 Å². The zero-order valence-electron chi connectivity index (χ0n) is 16.4. The van der Waals surface area contributed by atoms with Crippen molar-refractivity contribution in [2.24, 2.45) is 7.05 Å². The van der Waals surface area contributed by atoms with Crippen LogP contribution in [0.4, 0.5) is 0 Å². The second-order valence-electron chi connectivity index (χ2n) is 7.52. The number of hydrogen-bond acceptors (Lipinski definition) is 5. The molecule has 1 N–H and O–H groups in total. The number of nitrogens with one attached hydrogen (secondary N) is 1. The van der Waals surface area contributed by atoms with Gasteiger partial charge in [-0.15, -0.1) is 0 Å². The van der Waals surface area contributed by atoms with E-state index in [1.807, 2.05) is 54.8 Å². The lowest BCUT2D eigenvalue weighted by atomic mass is 10.1. The zero-order chi connectivity index (χ0) is 19.6. The van der Waals surface area contributed by atoms with Crippen molar-refractivity contribution in [2.45, 2.75) is 25.4 Å². The van der Waals surface area contributed by atoms with Crippen LogP contribution in [-0.4, -0.2) is 42.1 Å². The maximum absolute atomic E-state index is 4.60. The molecule has 1 aliphatic heterocycles. The minimum atomic E-state index is 0.522. The van der Waals surface area contributed by atoms with Crippen molar-refractivity contribution in [1.82, 2.24) is 34.8 Å². The molecule has 146 valence electrons. The van der Waals surface area contributed by atoms with E-state index in [9.17, 15) is 0 Å². The third-order valence-electron chi connectivity index (χ3n) is 5.35. The van der Waals surface area contributed by atoms with Crippen LogP contribution in [0.2, 0.25) is 0 Å². The summed E-state index contributed by atoms with van der Waals surface area (Å²) in [6.45, 7) is 2.01. The summed E-state index contributed by atoms with van der Waals surface area (Å²) in [5.41, 5.74) is 5.18. The first-order valence-electron chi connectivity index (χ1n) is 9.92. The molecule has 1 aromatic carbocycles. The summed E-state index contributed by atoms with van der Waals surface area (Å²) < 4.78 is 3.81. The lowest BCUT2D eigenvalue weighted by molar-refractivity contribution is 0.476. The highest BCUT2D eigenvalue weighted by Gasteiger charge is 2.15. The Balaban J connectivity index is 1.35. The van der Waals surface area contributed by atoms with Crippen LogP contribution in [0.5, 0.6) is 0 Å². The van der Waals surface area contributed by atoms with Gasteiger partial charge in [-0.1, -0.05) is 18.2 Å². The van der Waals surface area contributed by atoms with E-state index >= 15 is 0 Å². The predicted octanol–water partition coefficient (Wildman–Crippen LogP) is 3.16. The molecule has 4 aromatic rings. The molecule has 1 atom stereocenters. The van der Waals surface area contributed by atoms with E-state index in [1.165, 1.54) is 12.8 Å². The zero-order valence-corrected chi connectivity index (χ0v) is 16.4. The molecule has 1 fully saturated rings. The second kappa shape index (κ2) is 7.60. The molecule has 4 heterocycles. The summed E-state index contributed by atoms with van der Waals surface area (Å²) in [4.78, 5) is 9.19. The number of nitrogens with zero attached hydrogens (tertiary/aromatic N) is 6. The second-order valence-corrected chi connectivity index (χ2v) is 7.52. The molecule has 0 bridgehead atoms. The van der Waals surface area contributed by atoms with Gasteiger partial charge in [-0.25, -0.2) is 9.97 Å². The molecule has 0 saturated carbocycles. The van der Waals surface area contributed by atoms with Gasteiger partial charge in [0.15, 0.2) is 5.82 Å². The van der Waals surface area contributed by atoms with Crippen molar-refractivity contribution in [2.75, 3.05) is 6.54 Å². The normalized spacial score (nSPS) is 16.4. The number of aryl methyl sites for hydroxylation is 1. The summed E-state index contributed by atoms with van der Waals surface area (Å²) in [7, 11) is 1.92. The topological polar surface area (TPSA) is 73.5 Å². The van der Waals surface area contributed by atoms with Crippen LogP contribution in [0, 0.1) is 0 Å². The van der Waals surface area contributed by atoms with Crippen LogP contribution >= 0.6 is 0 Å². The van der Waals surface area contributed by atoms with E-state index in [-0.39, 0.29) is 0 Å². The summed E-state index contributed by atoms with van der Waals surface area (Å²) in [5, 5.41) is 12.3. The molecular formula is C22H23N7. The van der Waals surface area contributed by atoms with Crippen molar-refractivity contribution >= 4 is 0 Å². The molecule has 5 rings (SSSR count). The standard InChI is InChI=1S/C22H23N7/c1-28-13-19(11-26-28)16-4-2-5-17(8-16)22-24-9-18(10-25-22)20-12-27-29(14-20)15-21-6-3-7-23-21/h2,4-5,8-14,21,23H,3,6-7,15H2,1H3. The van der Waals surface area contributed by atoms with Gasteiger partial charge in [0.25, 0.3) is 0 Å². The molecule has 1 aliphatic rings.